The SMILES string of the molecule is C=C(C)C(=O)OCC(CCO)c1ccc(-c2ccc(C3=CCC(CCCCCC)CC3)c(F)c2F)cc1. The Morgan fingerprint density at radius 2 is 1.78 bits per heavy atom. The number of allylic oxidation sites excluding steroid dienone is 2. The number of aliphatic hydroxyl groups excluding tert-OH is 1. The first-order chi connectivity index (χ1) is 17.8. The fraction of sp³-hybridized carbons (Fsp3) is 0.469. The highest BCUT2D eigenvalue weighted by Gasteiger charge is 2.21. The second kappa shape index (κ2) is 14.2. The van der Waals surface area contributed by atoms with Crippen molar-refractivity contribution in [3.63, 3.8) is 0 Å². The van der Waals surface area contributed by atoms with Gasteiger partial charge in [0.25, 0.3) is 0 Å². The Morgan fingerprint density at radius 3 is 2.41 bits per heavy atom. The molecule has 0 saturated carbocycles. The predicted molar refractivity (Wildman–Crippen MR) is 146 cm³/mol. The molecule has 2 unspecified atom stereocenters. The molecule has 2 atom stereocenters. The molecule has 200 valence electrons. The van der Waals surface area contributed by atoms with Crippen LogP contribution in [0, 0.1) is 17.6 Å². The van der Waals surface area contributed by atoms with Crippen LogP contribution in [-0.2, 0) is 9.53 Å². The molecule has 0 saturated heterocycles. The Bertz CT molecular complexity index is 1090. The van der Waals surface area contributed by atoms with Gasteiger partial charge in [0.1, 0.15) is 0 Å². The number of carbonyl (C=O) groups excluding carboxylic acids is 1. The molecule has 37 heavy (non-hydrogen) atoms. The maximum atomic E-state index is 15.2. The monoisotopic (exact) mass is 510 g/mol. The van der Waals surface area contributed by atoms with E-state index in [4.69, 9.17) is 4.74 Å². The van der Waals surface area contributed by atoms with Crippen LogP contribution in [0.15, 0.2) is 54.6 Å². The first-order valence-electron chi connectivity index (χ1n) is 13.6. The van der Waals surface area contributed by atoms with E-state index < -0.39 is 17.6 Å². The Hall–Kier alpha value is -2.79. The number of unbranched alkanes of at least 4 members (excludes halogenated alkanes) is 3. The van der Waals surface area contributed by atoms with E-state index in [1.165, 1.54) is 32.1 Å². The number of esters is 1. The molecule has 0 fully saturated rings. The van der Waals surface area contributed by atoms with Gasteiger partial charge in [-0.2, -0.15) is 0 Å². The molecule has 3 nitrogen and oxygen atoms in total. The lowest BCUT2D eigenvalue weighted by Crippen LogP contribution is -2.14. The highest BCUT2D eigenvalue weighted by Crippen LogP contribution is 2.36. The van der Waals surface area contributed by atoms with E-state index in [0.717, 1.165) is 30.4 Å². The summed E-state index contributed by atoms with van der Waals surface area (Å²) in [6, 6.07) is 10.4. The molecule has 0 heterocycles. The molecular weight excluding hydrogens is 470 g/mol. The number of hydrogen-bond acceptors (Lipinski definition) is 3. The van der Waals surface area contributed by atoms with Gasteiger partial charge in [-0.15, -0.1) is 0 Å². The normalized spacial score (nSPS) is 16.2. The minimum absolute atomic E-state index is 0.0617. The smallest absolute Gasteiger partial charge is 0.333 e. The summed E-state index contributed by atoms with van der Waals surface area (Å²) in [7, 11) is 0. The Balaban J connectivity index is 1.70. The fourth-order valence-corrected chi connectivity index (χ4v) is 5.01. The second-order valence-corrected chi connectivity index (χ2v) is 10.2. The first-order valence-corrected chi connectivity index (χ1v) is 13.6. The molecule has 2 aromatic rings. The van der Waals surface area contributed by atoms with Crippen molar-refractivity contribution >= 4 is 11.5 Å². The Labute approximate surface area is 220 Å². The van der Waals surface area contributed by atoms with Gasteiger partial charge in [-0.25, -0.2) is 13.6 Å². The Morgan fingerprint density at radius 1 is 1.08 bits per heavy atom. The summed E-state index contributed by atoms with van der Waals surface area (Å²) >= 11 is 0. The molecule has 0 radical (unpaired) electrons. The largest absolute Gasteiger partial charge is 0.462 e. The fourth-order valence-electron chi connectivity index (χ4n) is 5.01. The molecule has 0 spiro atoms. The quantitative estimate of drug-likeness (QED) is 0.167. The zero-order valence-corrected chi connectivity index (χ0v) is 22.2. The van der Waals surface area contributed by atoms with Gasteiger partial charge in [-0.05, 0) is 55.2 Å². The summed E-state index contributed by atoms with van der Waals surface area (Å²) in [5.41, 5.74) is 3.21. The minimum atomic E-state index is -0.838. The van der Waals surface area contributed by atoms with Crippen LogP contribution in [-0.4, -0.2) is 24.3 Å². The van der Waals surface area contributed by atoms with E-state index in [2.05, 4.69) is 19.6 Å². The molecule has 1 aliphatic rings. The van der Waals surface area contributed by atoms with Gasteiger partial charge in [0.05, 0.1) is 6.61 Å². The third kappa shape index (κ3) is 7.85. The molecule has 1 aliphatic carbocycles. The van der Waals surface area contributed by atoms with Gasteiger partial charge in [0.2, 0.25) is 0 Å². The van der Waals surface area contributed by atoms with Crippen molar-refractivity contribution in [1.82, 2.24) is 0 Å². The number of ether oxygens (including phenoxy) is 1. The first kappa shape index (κ1) is 28.8. The molecule has 5 heteroatoms. The number of rotatable bonds is 13. The third-order valence-corrected chi connectivity index (χ3v) is 7.35. The van der Waals surface area contributed by atoms with E-state index in [0.29, 0.717) is 29.0 Å². The van der Waals surface area contributed by atoms with Crippen molar-refractivity contribution in [3.05, 3.63) is 77.4 Å². The summed E-state index contributed by atoms with van der Waals surface area (Å²) in [5, 5.41) is 9.42. The second-order valence-electron chi connectivity index (χ2n) is 10.2. The van der Waals surface area contributed by atoms with Gasteiger partial charge in [-0.1, -0.05) is 88.1 Å². The third-order valence-electron chi connectivity index (χ3n) is 7.35. The molecule has 0 aromatic heterocycles. The van der Waals surface area contributed by atoms with Crippen molar-refractivity contribution in [2.75, 3.05) is 13.2 Å². The molecule has 3 rings (SSSR count). The van der Waals surface area contributed by atoms with Crippen LogP contribution >= 0.6 is 0 Å². The zero-order valence-electron chi connectivity index (χ0n) is 22.2. The molecule has 2 aromatic carbocycles. The molecule has 1 N–H and O–H groups in total. The van der Waals surface area contributed by atoms with E-state index in [1.54, 1.807) is 43.3 Å². The van der Waals surface area contributed by atoms with Crippen LogP contribution in [0.1, 0.15) is 88.7 Å². The minimum Gasteiger partial charge on any atom is -0.462 e. The standard InChI is InChI=1S/C32H40F2O3/c1-4-5-6-7-8-23-9-11-25(12-10-23)28-17-18-29(31(34)30(28)33)26-15-13-24(14-16-26)27(19-20-35)21-37-32(36)22(2)3/h11,13-18,23,27,35H,2,4-10,12,19-21H2,1,3H3. The number of aliphatic hydroxyl groups is 1. The van der Waals surface area contributed by atoms with Gasteiger partial charge < -0.3 is 9.84 Å². The molecule has 0 bridgehead atoms. The van der Waals surface area contributed by atoms with Crippen molar-refractivity contribution in [1.29, 1.82) is 0 Å². The lowest BCUT2D eigenvalue weighted by Gasteiger charge is -2.23. The highest BCUT2D eigenvalue weighted by atomic mass is 19.2. The number of benzene rings is 2. The van der Waals surface area contributed by atoms with E-state index in [9.17, 15) is 9.90 Å². The number of hydrogen-bond donors (Lipinski definition) is 1. The summed E-state index contributed by atoms with van der Waals surface area (Å²) in [6.45, 7) is 7.41. The number of halogens is 2. The Kier molecular flexibility index (Phi) is 11.1. The molecule has 0 amide bonds. The van der Waals surface area contributed by atoms with Gasteiger partial charge >= 0.3 is 5.97 Å². The summed E-state index contributed by atoms with van der Waals surface area (Å²) in [5.74, 6) is -1.67. The van der Waals surface area contributed by atoms with Gasteiger partial charge in [-0.3, -0.25) is 0 Å². The average molecular weight is 511 g/mol. The topological polar surface area (TPSA) is 46.5 Å². The zero-order chi connectivity index (χ0) is 26.8. The summed E-state index contributed by atoms with van der Waals surface area (Å²) < 4.78 is 35.6. The van der Waals surface area contributed by atoms with E-state index >= 15 is 8.78 Å². The van der Waals surface area contributed by atoms with Crippen LogP contribution in [0.2, 0.25) is 0 Å². The van der Waals surface area contributed by atoms with Crippen LogP contribution in [0.4, 0.5) is 8.78 Å². The lowest BCUT2D eigenvalue weighted by atomic mass is 9.83. The van der Waals surface area contributed by atoms with E-state index in [-0.39, 0.29) is 24.7 Å². The molecule has 0 aliphatic heterocycles. The predicted octanol–water partition coefficient (Wildman–Crippen LogP) is 8.37. The maximum Gasteiger partial charge on any atom is 0.333 e. The van der Waals surface area contributed by atoms with Gasteiger partial charge in [0.15, 0.2) is 11.6 Å². The summed E-state index contributed by atoms with van der Waals surface area (Å²) in [6.07, 6.45) is 11.5. The number of carbonyl (C=O) groups is 1. The van der Waals surface area contributed by atoms with Crippen LogP contribution in [0.5, 0.6) is 0 Å². The van der Waals surface area contributed by atoms with Crippen molar-refractivity contribution < 1.29 is 23.4 Å². The van der Waals surface area contributed by atoms with Crippen LogP contribution < -0.4 is 0 Å². The van der Waals surface area contributed by atoms with Gasteiger partial charge in [0, 0.05) is 29.2 Å². The molecular formula is C32H40F2O3. The maximum absolute atomic E-state index is 15.2. The lowest BCUT2D eigenvalue weighted by molar-refractivity contribution is -0.139. The van der Waals surface area contributed by atoms with Crippen molar-refractivity contribution in [2.45, 2.75) is 77.6 Å². The van der Waals surface area contributed by atoms with Crippen molar-refractivity contribution in [3.8, 4) is 11.1 Å². The average Bonchev–Trinajstić information content (AvgIpc) is 2.91. The van der Waals surface area contributed by atoms with Crippen LogP contribution in [0.25, 0.3) is 16.7 Å². The van der Waals surface area contributed by atoms with Crippen molar-refractivity contribution in [2.24, 2.45) is 5.92 Å². The summed E-state index contributed by atoms with van der Waals surface area (Å²) in [4.78, 5) is 11.7. The highest BCUT2D eigenvalue weighted by molar-refractivity contribution is 5.86. The van der Waals surface area contributed by atoms with E-state index in [1.807, 2.05) is 0 Å². The van der Waals surface area contributed by atoms with Crippen LogP contribution in [0.3, 0.4) is 0 Å².